The number of nitrogens with zero attached hydrogens (tertiary/aromatic N) is 4. The topological polar surface area (TPSA) is 102 Å². The summed E-state index contributed by atoms with van der Waals surface area (Å²) in [6, 6.07) is 11.9. The number of amides is 1. The van der Waals surface area contributed by atoms with Gasteiger partial charge in [0, 0.05) is 42.8 Å². The number of carbonyl (C=O) groups is 2. The van der Waals surface area contributed by atoms with Crippen LogP contribution in [0.3, 0.4) is 0 Å². The zero-order chi connectivity index (χ0) is 29.7. The summed E-state index contributed by atoms with van der Waals surface area (Å²) in [5.74, 6) is 0.276. The molecule has 8 heteroatoms. The maximum Gasteiger partial charge on any atom is 0.328 e. The van der Waals surface area contributed by atoms with Crippen molar-refractivity contribution in [1.29, 1.82) is 0 Å². The number of benzene rings is 2. The number of carboxylic acids is 1. The van der Waals surface area contributed by atoms with Gasteiger partial charge in [0.25, 0.3) is 5.91 Å². The van der Waals surface area contributed by atoms with E-state index in [2.05, 4.69) is 33.6 Å². The van der Waals surface area contributed by atoms with Crippen molar-refractivity contribution in [2.24, 2.45) is 19.1 Å². The van der Waals surface area contributed by atoms with Gasteiger partial charge < -0.3 is 19.6 Å². The van der Waals surface area contributed by atoms with Crippen molar-refractivity contribution < 1.29 is 14.7 Å². The van der Waals surface area contributed by atoms with Gasteiger partial charge >= 0.3 is 5.97 Å². The highest BCUT2D eigenvalue weighted by molar-refractivity contribution is 6.08. The zero-order valence-corrected chi connectivity index (χ0v) is 24.8. The van der Waals surface area contributed by atoms with Gasteiger partial charge in [-0.2, -0.15) is 0 Å². The summed E-state index contributed by atoms with van der Waals surface area (Å²) in [5, 5.41) is 13.6. The van der Waals surface area contributed by atoms with Crippen LogP contribution in [0.2, 0.25) is 0 Å². The van der Waals surface area contributed by atoms with Crippen LogP contribution in [0, 0.1) is 0 Å². The molecular weight excluding hydrogens is 538 g/mol. The Hall–Kier alpha value is -4.46. The summed E-state index contributed by atoms with van der Waals surface area (Å²) in [6.07, 6.45) is 16.3. The number of carbonyl (C=O) groups excluding carboxylic acids is 1. The summed E-state index contributed by atoms with van der Waals surface area (Å²) in [4.78, 5) is 34.6. The molecular formula is C35H37N5O3. The molecule has 1 amide bonds. The first kappa shape index (κ1) is 27.4. The summed E-state index contributed by atoms with van der Waals surface area (Å²) >= 11 is 0. The lowest BCUT2D eigenvalue weighted by Crippen LogP contribution is -2.52. The lowest BCUT2D eigenvalue weighted by atomic mass is 9.75. The number of aromatic nitrogens is 3. The standard InChI is InChI=1S/C35H37N5O3/c1-39-29-21-24(13-14-25(29)31(23-8-3-4-9-23)32(39)26-10-5-6-19-36-26)33(43)38-35(17-7-18-35)34-37-27-20-22(12-16-30(41)42)11-15-28(27)40(34)2/h6,11-16,19-21,23H,3-5,7-10,17-18H2,1-2H3,(H,38,43)(H,41,42)/b16-12+. The third-order valence-corrected chi connectivity index (χ3v) is 9.73. The van der Waals surface area contributed by atoms with Crippen molar-refractivity contribution in [2.75, 3.05) is 0 Å². The van der Waals surface area contributed by atoms with E-state index in [-0.39, 0.29) is 5.91 Å². The molecule has 0 saturated heterocycles. The van der Waals surface area contributed by atoms with Crippen LogP contribution in [0.15, 0.2) is 59.7 Å². The summed E-state index contributed by atoms with van der Waals surface area (Å²) in [7, 11) is 4.10. The van der Waals surface area contributed by atoms with E-state index in [1.54, 1.807) is 6.08 Å². The largest absolute Gasteiger partial charge is 0.478 e. The number of hydrogen-bond acceptors (Lipinski definition) is 4. The maximum atomic E-state index is 13.9. The van der Waals surface area contributed by atoms with E-state index in [1.807, 2.05) is 43.6 Å². The molecule has 2 fully saturated rings. The van der Waals surface area contributed by atoms with Crippen LogP contribution >= 0.6 is 0 Å². The predicted octanol–water partition coefficient (Wildman–Crippen LogP) is 6.73. The Balaban J connectivity index is 1.23. The van der Waals surface area contributed by atoms with Crippen molar-refractivity contribution in [3.63, 3.8) is 0 Å². The molecule has 0 atom stereocenters. The lowest BCUT2D eigenvalue weighted by Gasteiger charge is -2.41. The Morgan fingerprint density at radius 3 is 2.53 bits per heavy atom. The average Bonchev–Trinajstić information content (AvgIpc) is 3.71. The third kappa shape index (κ3) is 4.69. The number of aryl methyl sites for hydroxylation is 2. The first-order valence-corrected chi connectivity index (χ1v) is 15.4. The minimum atomic E-state index is -0.989. The Morgan fingerprint density at radius 1 is 1.02 bits per heavy atom. The molecule has 220 valence electrons. The number of hydrogen-bond donors (Lipinski definition) is 2. The number of nitrogens with one attached hydrogen (secondary N) is 1. The first-order valence-electron chi connectivity index (χ1n) is 15.4. The highest BCUT2D eigenvalue weighted by Gasteiger charge is 2.44. The van der Waals surface area contributed by atoms with E-state index < -0.39 is 11.5 Å². The average molecular weight is 576 g/mol. The molecule has 2 aromatic heterocycles. The number of aliphatic imine (C=N–C) groups is 1. The quantitative estimate of drug-likeness (QED) is 0.239. The van der Waals surface area contributed by atoms with Crippen LogP contribution in [-0.2, 0) is 24.4 Å². The molecule has 0 bridgehead atoms. The van der Waals surface area contributed by atoms with Gasteiger partial charge in [-0.15, -0.1) is 0 Å². The molecule has 3 heterocycles. The summed E-state index contributed by atoms with van der Waals surface area (Å²) < 4.78 is 4.32. The van der Waals surface area contributed by atoms with Crippen LogP contribution in [0.4, 0.5) is 0 Å². The molecule has 2 aromatic carbocycles. The number of allylic oxidation sites excluding steroid dienone is 1. The predicted molar refractivity (Wildman–Crippen MR) is 169 cm³/mol. The van der Waals surface area contributed by atoms with Crippen LogP contribution in [-0.4, -0.2) is 36.8 Å². The second-order valence-corrected chi connectivity index (χ2v) is 12.3. The molecule has 0 radical (unpaired) electrons. The molecule has 43 heavy (non-hydrogen) atoms. The van der Waals surface area contributed by atoms with E-state index in [0.717, 1.165) is 71.8 Å². The highest BCUT2D eigenvalue weighted by Crippen LogP contribution is 2.44. The van der Waals surface area contributed by atoms with E-state index in [1.165, 1.54) is 42.3 Å². The van der Waals surface area contributed by atoms with Gasteiger partial charge in [0.05, 0.1) is 28.0 Å². The Bertz CT molecular complexity index is 1860. The second-order valence-electron chi connectivity index (χ2n) is 12.3. The SMILES string of the molecule is Cn1c(C2(NC(=O)c3ccc4c(C5CCCC5)c(C5=NC=CCC5)n(C)c4c3)CCC2)nc2cc(/C=C/C(=O)O)ccc21. The third-order valence-electron chi connectivity index (χ3n) is 9.73. The van der Waals surface area contributed by atoms with Crippen molar-refractivity contribution in [3.8, 4) is 0 Å². The molecule has 3 aliphatic rings. The molecule has 2 saturated carbocycles. The highest BCUT2D eigenvalue weighted by atomic mass is 16.4. The van der Waals surface area contributed by atoms with Crippen LogP contribution < -0.4 is 5.32 Å². The number of rotatable bonds is 7. The minimum Gasteiger partial charge on any atom is -0.478 e. The normalized spacial score (nSPS) is 18.4. The van der Waals surface area contributed by atoms with Gasteiger partial charge in [-0.05, 0) is 92.3 Å². The van der Waals surface area contributed by atoms with Gasteiger partial charge in [0.2, 0.25) is 0 Å². The van der Waals surface area contributed by atoms with Crippen LogP contribution in [0.5, 0.6) is 0 Å². The van der Waals surface area contributed by atoms with E-state index >= 15 is 0 Å². The molecule has 8 nitrogen and oxygen atoms in total. The molecule has 4 aromatic rings. The smallest absolute Gasteiger partial charge is 0.328 e. The summed E-state index contributed by atoms with van der Waals surface area (Å²) in [6.45, 7) is 0. The van der Waals surface area contributed by atoms with E-state index in [9.17, 15) is 9.59 Å². The fraction of sp³-hybridized carbons (Fsp3) is 0.371. The van der Waals surface area contributed by atoms with Crippen molar-refractivity contribution in [3.05, 3.63) is 83.0 Å². The monoisotopic (exact) mass is 575 g/mol. The molecule has 0 spiro atoms. The van der Waals surface area contributed by atoms with E-state index in [0.29, 0.717) is 11.5 Å². The van der Waals surface area contributed by atoms with Crippen molar-refractivity contribution in [2.45, 2.75) is 69.2 Å². The fourth-order valence-corrected chi connectivity index (χ4v) is 7.41. The number of aliphatic carboxylic acids is 1. The molecule has 2 N–H and O–H groups in total. The van der Waals surface area contributed by atoms with Gasteiger partial charge in [-0.3, -0.25) is 9.79 Å². The second kappa shape index (κ2) is 10.7. The van der Waals surface area contributed by atoms with Gasteiger partial charge in [-0.25, -0.2) is 9.78 Å². The molecule has 0 unspecified atom stereocenters. The Labute approximate surface area is 250 Å². The van der Waals surface area contributed by atoms with Gasteiger partial charge in [0.15, 0.2) is 0 Å². The number of fused-ring (bicyclic) bond motifs is 2. The van der Waals surface area contributed by atoms with Crippen molar-refractivity contribution in [1.82, 2.24) is 19.4 Å². The van der Waals surface area contributed by atoms with E-state index in [4.69, 9.17) is 15.1 Å². The Kier molecular flexibility index (Phi) is 6.79. The minimum absolute atomic E-state index is 0.0955. The molecule has 7 rings (SSSR count). The lowest BCUT2D eigenvalue weighted by molar-refractivity contribution is -0.131. The molecule has 2 aliphatic carbocycles. The zero-order valence-electron chi connectivity index (χ0n) is 24.8. The first-order chi connectivity index (χ1) is 20.8. The molecule has 1 aliphatic heterocycles. The fourth-order valence-electron chi connectivity index (χ4n) is 7.41. The maximum absolute atomic E-state index is 13.9. The van der Waals surface area contributed by atoms with Gasteiger partial charge in [-0.1, -0.05) is 31.1 Å². The number of imidazole rings is 1. The van der Waals surface area contributed by atoms with Crippen LogP contribution in [0.25, 0.3) is 28.0 Å². The summed E-state index contributed by atoms with van der Waals surface area (Å²) in [5.41, 5.74) is 7.46. The van der Waals surface area contributed by atoms with Crippen molar-refractivity contribution >= 4 is 45.6 Å². The van der Waals surface area contributed by atoms with Gasteiger partial charge in [0.1, 0.15) is 5.82 Å². The van der Waals surface area contributed by atoms with Crippen LogP contribution in [0.1, 0.15) is 96.7 Å². The Morgan fingerprint density at radius 2 is 1.84 bits per heavy atom. The number of carboxylic acid groups (broad SMARTS) is 1.